The van der Waals surface area contributed by atoms with Gasteiger partial charge in [0.25, 0.3) is 0 Å². The molecule has 28 heavy (non-hydrogen) atoms. The maximum absolute atomic E-state index is 11.7. The molecule has 1 saturated heterocycles. The van der Waals surface area contributed by atoms with Crippen molar-refractivity contribution in [3.8, 4) is 11.9 Å². The van der Waals surface area contributed by atoms with Crippen LogP contribution in [0.2, 0.25) is 0 Å². The number of aliphatic hydroxyl groups is 1. The number of rotatable bonds is 7. The molecule has 2 aliphatic rings. The van der Waals surface area contributed by atoms with E-state index in [1.54, 1.807) is 12.4 Å². The Morgan fingerprint density at radius 2 is 2.07 bits per heavy atom. The first-order valence-corrected chi connectivity index (χ1v) is 10.1. The topological polar surface area (TPSA) is 80.6 Å². The highest BCUT2D eigenvalue weighted by Gasteiger charge is 2.53. The molecule has 2 fully saturated rings. The van der Waals surface area contributed by atoms with E-state index in [1.165, 1.54) is 5.56 Å². The van der Waals surface area contributed by atoms with E-state index in [0.717, 1.165) is 26.1 Å². The molecule has 7 nitrogen and oxygen atoms in total. The lowest BCUT2D eigenvalue weighted by Gasteiger charge is -2.31. The molecule has 3 heterocycles. The van der Waals surface area contributed by atoms with E-state index in [1.807, 2.05) is 26.1 Å². The number of ether oxygens (including phenoxy) is 2. The lowest BCUT2D eigenvalue weighted by atomic mass is 9.83. The largest absolute Gasteiger partial charge is 0.478 e. The van der Waals surface area contributed by atoms with Crippen LogP contribution in [0.25, 0.3) is 0 Å². The highest BCUT2D eigenvalue weighted by atomic mass is 16.5. The molecule has 4 rings (SSSR count). The van der Waals surface area contributed by atoms with Crippen LogP contribution in [0.3, 0.4) is 0 Å². The summed E-state index contributed by atoms with van der Waals surface area (Å²) in [5, 5.41) is 11.7. The molecule has 7 heteroatoms. The van der Waals surface area contributed by atoms with E-state index in [4.69, 9.17) is 9.47 Å². The number of hydrogen-bond donors (Lipinski definition) is 1. The summed E-state index contributed by atoms with van der Waals surface area (Å²) in [6.45, 7) is 7.46. The van der Waals surface area contributed by atoms with Crippen molar-refractivity contribution in [1.29, 1.82) is 0 Å². The van der Waals surface area contributed by atoms with Crippen LogP contribution in [-0.2, 0) is 12.1 Å². The summed E-state index contributed by atoms with van der Waals surface area (Å²) in [6, 6.07) is 4.35. The van der Waals surface area contributed by atoms with Crippen LogP contribution in [0.4, 0.5) is 0 Å². The molecule has 1 saturated carbocycles. The molecule has 1 aliphatic heterocycles. The lowest BCUT2D eigenvalue weighted by molar-refractivity contribution is -0.0101. The Hall–Kier alpha value is -2.25. The van der Waals surface area contributed by atoms with Gasteiger partial charge in [-0.1, -0.05) is 6.07 Å². The van der Waals surface area contributed by atoms with Crippen LogP contribution in [-0.4, -0.2) is 51.3 Å². The summed E-state index contributed by atoms with van der Waals surface area (Å²) in [7, 11) is 0. The van der Waals surface area contributed by atoms with Gasteiger partial charge in [0, 0.05) is 44.1 Å². The molecule has 2 aromatic rings. The van der Waals surface area contributed by atoms with Gasteiger partial charge in [0.1, 0.15) is 5.60 Å². The Bertz CT molecular complexity index is 803. The van der Waals surface area contributed by atoms with Gasteiger partial charge < -0.3 is 14.6 Å². The van der Waals surface area contributed by atoms with Crippen molar-refractivity contribution in [1.82, 2.24) is 19.9 Å². The monoisotopic (exact) mass is 384 g/mol. The van der Waals surface area contributed by atoms with E-state index in [-0.39, 0.29) is 11.9 Å². The highest BCUT2D eigenvalue weighted by Crippen LogP contribution is 2.52. The van der Waals surface area contributed by atoms with Crippen molar-refractivity contribution in [3.63, 3.8) is 0 Å². The summed E-state index contributed by atoms with van der Waals surface area (Å²) < 4.78 is 11.2. The van der Waals surface area contributed by atoms with Crippen LogP contribution in [0, 0.1) is 11.8 Å². The molecule has 0 amide bonds. The summed E-state index contributed by atoms with van der Waals surface area (Å²) >= 11 is 0. The normalized spacial score (nSPS) is 27.0. The van der Waals surface area contributed by atoms with Crippen LogP contribution >= 0.6 is 0 Å². The van der Waals surface area contributed by atoms with E-state index < -0.39 is 5.60 Å². The van der Waals surface area contributed by atoms with Gasteiger partial charge in [-0.2, -0.15) is 4.98 Å². The zero-order valence-corrected chi connectivity index (χ0v) is 16.5. The fourth-order valence-corrected chi connectivity index (χ4v) is 4.69. The van der Waals surface area contributed by atoms with Gasteiger partial charge in [-0.05, 0) is 44.2 Å². The number of pyridine rings is 1. The molecule has 0 aromatic carbocycles. The molecule has 3 atom stereocenters. The Labute approximate surface area is 165 Å². The molecule has 1 aliphatic carbocycles. The lowest BCUT2D eigenvalue weighted by Crippen LogP contribution is -2.35. The van der Waals surface area contributed by atoms with E-state index >= 15 is 0 Å². The third kappa shape index (κ3) is 3.56. The number of likely N-dealkylation sites (tertiary alicyclic amines) is 1. The Balaban J connectivity index is 1.56. The molecule has 2 aromatic heterocycles. The Kier molecular flexibility index (Phi) is 5.46. The van der Waals surface area contributed by atoms with Gasteiger partial charge in [-0.25, -0.2) is 4.98 Å². The summed E-state index contributed by atoms with van der Waals surface area (Å²) in [5.74, 6) is 1.04. The van der Waals surface area contributed by atoms with E-state index in [9.17, 15) is 5.11 Å². The molecular formula is C21H28N4O3. The van der Waals surface area contributed by atoms with Gasteiger partial charge in [-0.15, -0.1) is 0 Å². The van der Waals surface area contributed by atoms with Gasteiger partial charge >= 0.3 is 6.01 Å². The zero-order chi connectivity index (χ0) is 19.6. The first-order chi connectivity index (χ1) is 13.6. The average molecular weight is 384 g/mol. The third-order valence-electron chi connectivity index (χ3n) is 5.91. The first-order valence-electron chi connectivity index (χ1n) is 10.1. The molecule has 0 unspecified atom stereocenters. The minimum atomic E-state index is -0.969. The predicted octanol–water partition coefficient (Wildman–Crippen LogP) is 2.40. The van der Waals surface area contributed by atoms with Gasteiger partial charge in [0.15, 0.2) is 0 Å². The van der Waals surface area contributed by atoms with Gasteiger partial charge in [-0.3, -0.25) is 9.88 Å². The molecular weight excluding hydrogens is 356 g/mol. The SMILES string of the molecule is CCOc1ncc([C@]2(O)CC[C@H]3CN(Cc4cccnc4)C[C@H]32)c(OCC)n1. The number of aromatic nitrogens is 3. The summed E-state index contributed by atoms with van der Waals surface area (Å²) in [6.07, 6.45) is 7.09. The standard InChI is InChI=1S/C21H28N4O3/c1-3-27-19-17(11-23-20(24-19)28-4-2)21(26)8-7-16-13-25(14-18(16)21)12-15-6-5-9-22-10-15/h5-6,9-11,16,18,26H,3-4,7-8,12-14H2,1-2H3/t16-,18+,21+/m0/s1. The number of fused-ring (bicyclic) bond motifs is 1. The first kappa shape index (κ1) is 19.1. The second kappa shape index (κ2) is 8.01. The second-order valence-electron chi connectivity index (χ2n) is 7.62. The maximum atomic E-state index is 11.7. The molecule has 0 radical (unpaired) electrons. The van der Waals surface area contributed by atoms with Crippen molar-refractivity contribution in [2.24, 2.45) is 11.8 Å². The zero-order valence-electron chi connectivity index (χ0n) is 16.5. The number of hydrogen-bond acceptors (Lipinski definition) is 7. The van der Waals surface area contributed by atoms with Crippen molar-refractivity contribution in [2.75, 3.05) is 26.3 Å². The second-order valence-corrected chi connectivity index (χ2v) is 7.62. The Morgan fingerprint density at radius 1 is 1.21 bits per heavy atom. The van der Waals surface area contributed by atoms with Crippen LogP contribution in [0.1, 0.15) is 37.8 Å². The fraction of sp³-hybridized carbons (Fsp3) is 0.571. The molecule has 150 valence electrons. The van der Waals surface area contributed by atoms with Gasteiger partial charge in [0.05, 0.1) is 18.8 Å². The minimum Gasteiger partial charge on any atom is -0.478 e. The van der Waals surface area contributed by atoms with Crippen molar-refractivity contribution in [2.45, 2.75) is 38.8 Å². The highest BCUT2D eigenvalue weighted by molar-refractivity contribution is 5.34. The fourth-order valence-electron chi connectivity index (χ4n) is 4.69. The van der Waals surface area contributed by atoms with Gasteiger partial charge in [0.2, 0.25) is 5.88 Å². The third-order valence-corrected chi connectivity index (χ3v) is 5.91. The van der Waals surface area contributed by atoms with Crippen molar-refractivity contribution in [3.05, 3.63) is 41.9 Å². The van der Waals surface area contributed by atoms with Crippen molar-refractivity contribution >= 4 is 0 Å². The summed E-state index contributed by atoms with van der Waals surface area (Å²) in [5.41, 5.74) is 0.919. The van der Waals surface area contributed by atoms with Crippen molar-refractivity contribution < 1.29 is 14.6 Å². The van der Waals surface area contributed by atoms with E-state index in [2.05, 4.69) is 25.9 Å². The van der Waals surface area contributed by atoms with E-state index in [0.29, 0.717) is 37.0 Å². The van der Waals surface area contributed by atoms with Crippen LogP contribution in [0.5, 0.6) is 11.9 Å². The summed E-state index contributed by atoms with van der Waals surface area (Å²) in [4.78, 5) is 15.3. The molecule has 1 N–H and O–H groups in total. The average Bonchev–Trinajstić information content (AvgIpc) is 3.24. The molecule has 0 spiro atoms. The molecule has 0 bridgehead atoms. The number of nitrogens with zero attached hydrogens (tertiary/aromatic N) is 4. The van der Waals surface area contributed by atoms with Crippen LogP contribution < -0.4 is 9.47 Å². The predicted molar refractivity (Wildman–Crippen MR) is 104 cm³/mol. The Morgan fingerprint density at radius 3 is 2.82 bits per heavy atom. The smallest absolute Gasteiger partial charge is 0.319 e. The minimum absolute atomic E-state index is 0.143. The quantitative estimate of drug-likeness (QED) is 0.785. The van der Waals surface area contributed by atoms with Crippen LogP contribution in [0.15, 0.2) is 30.7 Å². The maximum Gasteiger partial charge on any atom is 0.319 e.